The average Bonchev–Trinajstić information content (AvgIpc) is 3.08. The van der Waals surface area contributed by atoms with Gasteiger partial charge in [-0.2, -0.15) is 0 Å². The number of carbonyl (C=O) groups excluding carboxylic acids is 1. The molecule has 0 spiro atoms. The van der Waals surface area contributed by atoms with Gasteiger partial charge in [-0.1, -0.05) is 0 Å². The number of hydrogen-bond acceptors (Lipinski definition) is 5. The van der Waals surface area contributed by atoms with Gasteiger partial charge in [0.1, 0.15) is 12.2 Å². The van der Waals surface area contributed by atoms with E-state index >= 15 is 0 Å². The van der Waals surface area contributed by atoms with Crippen molar-refractivity contribution in [2.75, 3.05) is 26.2 Å². The molecular formula is C14H25N5O2. The molecule has 0 saturated carbocycles. The van der Waals surface area contributed by atoms with E-state index in [-0.39, 0.29) is 6.09 Å². The normalized spacial score (nSPS) is 18.5. The van der Waals surface area contributed by atoms with E-state index in [1.807, 2.05) is 6.92 Å². The molecule has 21 heavy (non-hydrogen) atoms. The van der Waals surface area contributed by atoms with E-state index in [1.165, 1.54) is 0 Å². The summed E-state index contributed by atoms with van der Waals surface area (Å²) in [5, 5.41) is 11.6. The van der Waals surface area contributed by atoms with E-state index in [1.54, 1.807) is 11.2 Å². The van der Waals surface area contributed by atoms with Crippen LogP contribution in [0.4, 0.5) is 4.79 Å². The molecule has 2 rings (SSSR count). The fraction of sp³-hybridized carbons (Fsp3) is 0.786. The zero-order valence-corrected chi connectivity index (χ0v) is 13.1. The highest BCUT2D eigenvalue weighted by Gasteiger charge is 2.26. The standard InChI is InChI=1S/C14H25N5O2/c1-4-21-14(20)18-8-6-12(9-18)15-7-5-13-17-16-10-19(13)11(2)3/h10-12,15H,4-9H2,1-3H3/t12-/m1/s1. The van der Waals surface area contributed by atoms with Crippen LogP contribution in [0.1, 0.15) is 39.1 Å². The maximum absolute atomic E-state index is 11.6. The van der Waals surface area contributed by atoms with Gasteiger partial charge in [0.2, 0.25) is 0 Å². The third-order valence-corrected chi connectivity index (χ3v) is 3.70. The minimum atomic E-state index is -0.207. The molecule has 7 nitrogen and oxygen atoms in total. The highest BCUT2D eigenvalue weighted by atomic mass is 16.6. The quantitative estimate of drug-likeness (QED) is 0.854. The van der Waals surface area contributed by atoms with E-state index in [9.17, 15) is 4.79 Å². The van der Waals surface area contributed by atoms with Gasteiger partial charge in [0, 0.05) is 38.1 Å². The summed E-state index contributed by atoms with van der Waals surface area (Å²) in [6.45, 7) is 8.82. The van der Waals surface area contributed by atoms with Crippen molar-refractivity contribution in [2.45, 2.75) is 45.7 Å². The summed E-state index contributed by atoms with van der Waals surface area (Å²) < 4.78 is 7.10. The zero-order valence-electron chi connectivity index (χ0n) is 13.1. The van der Waals surface area contributed by atoms with Crippen molar-refractivity contribution in [1.29, 1.82) is 0 Å². The summed E-state index contributed by atoms with van der Waals surface area (Å²) in [6.07, 6.45) is 3.38. The fourth-order valence-corrected chi connectivity index (χ4v) is 2.57. The number of hydrogen-bond donors (Lipinski definition) is 1. The summed E-state index contributed by atoms with van der Waals surface area (Å²) in [6, 6.07) is 0.714. The van der Waals surface area contributed by atoms with E-state index in [0.717, 1.165) is 38.3 Å². The molecule has 1 N–H and O–H groups in total. The van der Waals surface area contributed by atoms with Crippen LogP contribution in [0.5, 0.6) is 0 Å². The Hall–Kier alpha value is -1.63. The van der Waals surface area contributed by atoms with Crippen LogP contribution in [0.3, 0.4) is 0 Å². The predicted octanol–water partition coefficient (Wildman–Crippen LogP) is 1.22. The molecule has 1 saturated heterocycles. The van der Waals surface area contributed by atoms with E-state index in [4.69, 9.17) is 4.74 Å². The van der Waals surface area contributed by atoms with Crippen LogP contribution in [0, 0.1) is 0 Å². The summed E-state index contributed by atoms with van der Waals surface area (Å²) >= 11 is 0. The minimum Gasteiger partial charge on any atom is -0.450 e. The second kappa shape index (κ2) is 7.40. The van der Waals surface area contributed by atoms with Gasteiger partial charge in [0.25, 0.3) is 0 Å². The molecule has 1 amide bonds. The minimum absolute atomic E-state index is 0.207. The van der Waals surface area contributed by atoms with Crippen molar-refractivity contribution in [2.24, 2.45) is 0 Å². The van der Waals surface area contributed by atoms with Crippen LogP contribution >= 0.6 is 0 Å². The lowest BCUT2D eigenvalue weighted by Crippen LogP contribution is -2.36. The zero-order chi connectivity index (χ0) is 15.2. The van der Waals surface area contributed by atoms with Crippen LogP contribution in [-0.4, -0.2) is 58.0 Å². The van der Waals surface area contributed by atoms with Gasteiger partial charge in [-0.25, -0.2) is 4.79 Å². The van der Waals surface area contributed by atoms with Crippen LogP contribution in [0.2, 0.25) is 0 Å². The molecule has 1 fully saturated rings. The lowest BCUT2D eigenvalue weighted by Gasteiger charge is -2.16. The van der Waals surface area contributed by atoms with Crippen molar-refractivity contribution in [3.05, 3.63) is 12.2 Å². The number of carbonyl (C=O) groups is 1. The smallest absolute Gasteiger partial charge is 0.409 e. The number of ether oxygens (including phenoxy) is 1. The van der Waals surface area contributed by atoms with Gasteiger partial charge in [0.15, 0.2) is 0 Å². The Morgan fingerprint density at radius 1 is 1.57 bits per heavy atom. The Morgan fingerprint density at radius 3 is 3.10 bits per heavy atom. The summed E-state index contributed by atoms with van der Waals surface area (Å²) in [5.41, 5.74) is 0. The predicted molar refractivity (Wildman–Crippen MR) is 79.1 cm³/mol. The van der Waals surface area contributed by atoms with Crippen LogP contribution in [0.25, 0.3) is 0 Å². The molecular weight excluding hydrogens is 270 g/mol. The van der Waals surface area contributed by atoms with Crippen LogP contribution < -0.4 is 5.32 Å². The van der Waals surface area contributed by atoms with Gasteiger partial charge in [-0.05, 0) is 27.2 Å². The maximum Gasteiger partial charge on any atom is 0.409 e. The Balaban J connectivity index is 1.72. The van der Waals surface area contributed by atoms with Gasteiger partial charge in [0.05, 0.1) is 6.61 Å². The summed E-state index contributed by atoms with van der Waals surface area (Å²) in [4.78, 5) is 13.4. The van der Waals surface area contributed by atoms with Crippen LogP contribution in [-0.2, 0) is 11.2 Å². The van der Waals surface area contributed by atoms with E-state index in [0.29, 0.717) is 18.7 Å². The van der Waals surface area contributed by atoms with Crippen molar-refractivity contribution in [3.8, 4) is 0 Å². The number of rotatable bonds is 6. The van der Waals surface area contributed by atoms with E-state index < -0.39 is 0 Å². The first-order chi connectivity index (χ1) is 10.1. The Kier molecular flexibility index (Phi) is 5.55. The molecule has 0 unspecified atom stereocenters. The third-order valence-electron chi connectivity index (χ3n) is 3.70. The molecule has 1 atom stereocenters. The molecule has 0 radical (unpaired) electrons. The number of aromatic nitrogens is 3. The Labute approximate surface area is 125 Å². The summed E-state index contributed by atoms with van der Waals surface area (Å²) in [7, 11) is 0. The maximum atomic E-state index is 11.6. The van der Waals surface area contributed by atoms with Gasteiger partial charge in [-0.15, -0.1) is 10.2 Å². The largest absolute Gasteiger partial charge is 0.450 e. The highest BCUT2D eigenvalue weighted by Crippen LogP contribution is 2.11. The van der Waals surface area contributed by atoms with Crippen molar-refractivity contribution >= 4 is 6.09 Å². The Bertz CT molecular complexity index is 460. The molecule has 2 heterocycles. The average molecular weight is 295 g/mol. The third kappa shape index (κ3) is 4.17. The molecule has 1 aliphatic heterocycles. The molecule has 0 bridgehead atoms. The monoisotopic (exact) mass is 295 g/mol. The number of nitrogens with zero attached hydrogens (tertiary/aromatic N) is 4. The molecule has 118 valence electrons. The second-order valence-electron chi connectivity index (χ2n) is 5.58. The molecule has 7 heteroatoms. The van der Waals surface area contributed by atoms with Crippen molar-refractivity contribution in [3.63, 3.8) is 0 Å². The first kappa shape index (κ1) is 15.8. The highest BCUT2D eigenvalue weighted by molar-refractivity contribution is 5.68. The summed E-state index contributed by atoms with van der Waals surface area (Å²) in [5.74, 6) is 0.998. The van der Waals surface area contributed by atoms with Gasteiger partial charge < -0.3 is 19.5 Å². The molecule has 0 aromatic carbocycles. The number of nitrogens with one attached hydrogen (secondary N) is 1. The van der Waals surface area contributed by atoms with Crippen molar-refractivity contribution < 1.29 is 9.53 Å². The second-order valence-corrected chi connectivity index (χ2v) is 5.58. The first-order valence-corrected chi connectivity index (χ1v) is 7.65. The number of amides is 1. The van der Waals surface area contributed by atoms with Crippen LogP contribution in [0.15, 0.2) is 6.33 Å². The Morgan fingerprint density at radius 2 is 2.38 bits per heavy atom. The lowest BCUT2D eigenvalue weighted by molar-refractivity contribution is 0.115. The molecule has 1 aromatic heterocycles. The molecule has 0 aliphatic carbocycles. The first-order valence-electron chi connectivity index (χ1n) is 7.65. The number of likely N-dealkylation sites (tertiary alicyclic amines) is 1. The van der Waals surface area contributed by atoms with Crippen molar-refractivity contribution in [1.82, 2.24) is 25.0 Å². The topological polar surface area (TPSA) is 72.3 Å². The molecule has 1 aromatic rings. The lowest BCUT2D eigenvalue weighted by atomic mass is 10.2. The molecule has 1 aliphatic rings. The van der Waals surface area contributed by atoms with E-state index in [2.05, 4.69) is 33.9 Å². The van der Waals surface area contributed by atoms with Gasteiger partial charge in [-0.3, -0.25) is 0 Å². The SMILES string of the molecule is CCOC(=O)N1CC[C@@H](NCCc2nncn2C(C)C)C1. The van der Waals surface area contributed by atoms with Gasteiger partial charge >= 0.3 is 6.09 Å². The fourth-order valence-electron chi connectivity index (χ4n) is 2.57.